The van der Waals surface area contributed by atoms with Gasteiger partial charge in [-0.1, -0.05) is 24.6 Å². The second-order valence-corrected chi connectivity index (χ2v) is 11.7. The van der Waals surface area contributed by atoms with Crippen LogP contribution in [-0.2, 0) is 9.53 Å². The van der Waals surface area contributed by atoms with Crippen LogP contribution in [0.4, 0.5) is 5.82 Å². The second kappa shape index (κ2) is 12.6. The summed E-state index contributed by atoms with van der Waals surface area (Å²) in [6.45, 7) is 11.2. The fourth-order valence-corrected chi connectivity index (χ4v) is 6.86. The van der Waals surface area contributed by atoms with Crippen molar-refractivity contribution >= 4 is 47.0 Å². The molecule has 9 nitrogen and oxygen atoms in total. The van der Waals surface area contributed by atoms with Crippen molar-refractivity contribution in [1.82, 2.24) is 24.6 Å². The maximum absolute atomic E-state index is 11.6. The second-order valence-electron chi connectivity index (χ2n) is 11.2. The molecule has 1 N–H and O–H groups in total. The van der Waals surface area contributed by atoms with Crippen molar-refractivity contribution < 1.29 is 14.6 Å². The third-order valence-corrected chi connectivity index (χ3v) is 8.92. The van der Waals surface area contributed by atoms with Crippen LogP contribution in [0.5, 0.6) is 0 Å². The van der Waals surface area contributed by atoms with E-state index in [0.717, 1.165) is 77.7 Å². The average molecular weight is 592 g/mol. The molecule has 2 saturated heterocycles. The number of hydrogen-bond acceptors (Lipinski definition) is 7. The molecule has 0 bridgehead atoms. The lowest BCUT2D eigenvalue weighted by atomic mass is 9.91. The largest absolute Gasteiger partial charge is 0.479 e. The standard InChI is InChI=1S/C29H39ClN6O3.ClH/c1-17-13-21(30)8-9-23(17)20(4)36-28-27(19(3)33-36)31-15-26(32-28)34-12-10-24(18(2)16-34)35-11-6-7-22(35)14-25(39-5)29(37)38;/h8-9,13,15,18,20,22,24-25H,6-7,10-12,14,16H2,1-5H3,(H,37,38);1H. The zero-order valence-electron chi connectivity index (χ0n) is 23.9. The summed E-state index contributed by atoms with van der Waals surface area (Å²) in [7, 11) is 1.49. The highest BCUT2D eigenvalue weighted by atomic mass is 35.5. The van der Waals surface area contributed by atoms with E-state index in [1.165, 1.54) is 7.11 Å². The number of carboxylic acids is 1. The van der Waals surface area contributed by atoms with Gasteiger partial charge in [0.05, 0.1) is 17.9 Å². The quantitative estimate of drug-likeness (QED) is 0.377. The zero-order chi connectivity index (χ0) is 27.8. The van der Waals surface area contributed by atoms with Gasteiger partial charge in [-0.2, -0.15) is 5.10 Å². The summed E-state index contributed by atoms with van der Waals surface area (Å²) in [5.74, 6) is 0.401. The molecule has 3 aromatic rings. The lowest BCUT2D eigenvalue weighted by Crippen LogP contribution is -2.52. The highest BCUT2D eigenvalue weighted by Gasteiger charge is 2.38. The van der Waals surface area contributed by atoms with E-state index in [9.17, 15) is 9.90 Å². The van der Waals surface area contributed by atoms with Gasteiger partial charge in [-0.25, -0.2) is 19.4 Å². The Morgan fingerprint density at radius 2 is 2.02 bits per heavy atom. The Morgan fingerprint density at radius 3 is 2.70 bits per heavy atom. The molecule has 1 aromatic carbocycles. The number of carbonyl (C=O) groups is 1. The highest BCUT2D eigenvalue weighted by molar-refractivity contribution is 6.30. The fourth-order valence-electron chi connectivity index (χ4n) is 6.63. The summed E-state index contributed by atoms with van der Waals surface area (Å²) >= 11 is 6.20. The molecule has 0 spiro atoms. The van der Waals surface area contributed by atoms with Crippen LogP contribution < -0.4 is 4.90 Å². The van der Waals surface area contributed by atoms with E-state index in [1.807, 2.05) is 29.9 Å². The first-order valence-corrected chi connectivity index (χ1v) is 14.3. The van der Waals surface area contributed by atoms with Crippen LogP contribution in [0.15, 0.2) is 24.4 Å². The van der Waals surface area contributed by atoms with E-state index in [-0.39, 0.29) is 24.5 Å². The Hall–Kier alpha value is -2.46. The maximum atomic E-state index is 11.6. The van der Waals surface area contributed by atoms with Gasteiger partial charge >= 0.3 is 5.97 Å². The van der Waals surface area contributed by atoms with Gasteiger partial charge in [0.2, 0.25) is 0 Å². The van der Waals surface area contributed by atoms with Crippen molar-refractivity contribution in [3.05, 3.63) is 46.2 Å². The summed E-state index contributed by atoms with van der Waals surface area (Å²) in [6.07, 6.45) is 4.79. The van der Waals surface area contributed by atoms with E-state index in [0.29, 0.717) is 18.4 Å². The number of anilines is 1. The SMILES string of the molecule is COC(CC1CCCN1C1CCN(c2cnc3c(C)nn(C(C)c4ccc(Cl)cc4C)c3n2)CC1C)C(=O)O.Cl. The number of aryl methyl sites for hydroxylation is 2. The van der Waals surface area contributed by atoms with Crippen LogP contribution in [0, 0.1) is 19.8 Å². The summed E-state index contributed by atoms with van der Waals surface area (Å²) < 4.78 is 7.23. The molecule has 0 radical (unpaired) electrons. The van der Waals surface area contributed by atoms with E-state index >= 15 is 0 Å². The number of carboxylic acid groups (broad SMARTS) is 1. The molecule has 5 rings (SSSR count). The number of nitrogens with zero attached hydrogens (tertiary/aromatic N) is 6. The van der Waals surface area contributed by atoms with E-state index in [2.05, 4.69) is 36.6 Å². The Kier molecular flexibility index (Phi) is 9.60. The molecule has 2 aliphatic heterocycles. The van der Waals surface area contributed by atoms with Crippen LogP contribution in [0.3, 0.4) is 0 Å². The minimum atomic E-state index is -0.879. The molecule has 0 saturated carbocycles. The van der Waals surface area contributed by atoms with Crippen molar-refractivity contribution in [3.8, 4) is 0 Å². The molecule has 40 heavy (non-hydrogen) atoms. The minimum absolute atomic E-state index is 0. The highest BCUT2D eigenvalue weighted by Crippen LogP contribution is 2.33. The molecule has 0 aliphatic carbocycles. The molecule has 2 fully saturated rings. The molecule has 5 unspecified atom stereocenters. The molecule has 11 heteroatoms. The van der Waals surface area contributed by atoms with Crippen LogP contribution in [-0.4, -0.2) is 80.7 Å². The van der Waals surface area contributed by atoms with Gasteiger partial charge in [0.15, 0.2) is 11.8 Å². The first kappa shape index (κ1) is 30.5. The van der Waals surface area contributed by atoms with Gasteiger partial charge in [-0.15, -0.1) is 12.4 Å². The lowest BCUT2D eigenvalue weighted by Gasteiger charge is -2.44. The fraction of sp³-hybridized carbons (Fsp3) is 0.586. The molecule has 5 atom stereocenters. The molecule has 218 valence electrons. The molecule has 4 heterocycles. The Balaban J connectivity index is 0.00000370. The number of methoxy groups -OCH3 is 1. The number of fused-ring (bicyclic) bond motifs is 1. The monoisotopic (exact) mass is 590 g/mol. The molecule has 0 amide bonds. The zero-order valence-corrected chi connectivity index (χ0v) is 25.5. The van der Waals surface area contributed by atoms with Crippen molar-refractivity contribution in [2.75, 3.05) is 31.6 Å². The topological polar surface area (TPSA) is 96.6 Å². The van der Waals surface area contributed by atoms with Gasteiger partial charge in [0, 0.05) is 37.3 Å². The first-order valence-electron chi connectivity index (χ1n) is 13.9. The number of benzene rings is 1. The number of piperidine rings is 1. The summed E-state index contributed by atoms with van der Waals surface area (Å²) in [5, 5.41) is 15.0. The predicted molar refractivity (Wildman–Crippen MR) is 160 cm³/mol. The first-order chi connectivity index (χ1) is 18.7. The average Bonchev–Trinajstić information content (AvgIpc) is 3.50. The summed E-state index contributed by atoms with van der Waals surface area (Å²) in [6, 6.07) is 6.61. The van der Waals surface area contributed by atoms with E-state index in [1.54, 1.807) is 0 Å². The normalized spacial score (nSPS) is 23.2. The van der Waals surface area contributed by atoms with Gasteiger partial charge in [0.25, 0.3) is 0 Å². The van der Waals surface area contributed by atoms with Crippen molar-refractivity contribution in [2.24, 2.45) is 5.92 Å². The molecular weight excluding hydrogens is 551 g/mol. The predicted octanol–water partition coefficient (Wildman–Crippen LogP) is 5.30. The number of likely N-dealkylation sites (tertiary alicyclic amines) is 1. The smallest absolute Gasteiger partial charge is 0.332 e. The van der Waals surface area contributed by atoms with E-state index < -0.39 is 12.1 Å². The number of ether oxygens (including phenoxy) is 1. The Bertz CT molecular complexity index is 1350. The number of aliphatic carboxylic acids is 1. The summed E-state index contributed by atoms with van der Waals surface area (Å²) in [4.78, 5) is 26.3. The third kappa shape index (κ3) is 5.93. The van der Waals surface area contributed by atoms with Crippen LogP contribution in [0.2, 0.25) is 5.02 Å². The van der Waals surface area contributed by atoms with Crippen molar-refractivity contribution in [1.29, 1.82) is 0 Å². The van der Waals surface area contributed by atoms with Crippen LogP contribution in [0.1, 0.15) is 62.4 Å². The van der Waals surface area contributed by atoms with Crippen LogP contribution in [0.25, 0.3) is 11.2 Å². The number of aromatic nitrogens is 4. The number of rotatable bonds is 8. The van der Waals surface area contributed by atoms with Gasteiger partial charge in [-0.05, 0) is 82.2 Å². The van der Waals surface area contributed by atoms with Gasteiger partial charge in [-0.3, -0.25) is 4.90 Å². The molecular formula is C29H40Cl2N6O3. The van der Waals surface area contributed by atoms with Gasteiger partial charge < -0.3 is 14.7 Å². The van der Waals surface area contributed by atoms with Gasteiger partial charge in [0.1, 0.15) is 11.3 Å². The number of halogens is 2. The Morgan fingerprint density at radius 1 is 1.25 bits per heavy atom. The lowest BCUT2D eigenvalue weighted by molar-refractivity contribution is -0.149. The molecule has 2 aliphatic rings. The Labute approximate surface area is 247 Å². The van der Waals surface area contributed by atoms with Crippen molar-refractivity contribution in [2.45, 2.75) is 77.6 Å². The molecule has 2 aromatic heterocycles. The third-order valence-electron chi connectivity index (χ3n) is 8.69. The van der Waals surface area contributed by atoms with Crippen LogP contribution >= 0.6 is 24.0 Å². The van der Waals surface area contributed by atoms with Crippen molar-refractivity contribution in [3.63, 3.8) is 0 Å². The maximum Gasteiger partial charge on any atom is 0.332 e. The summed E-state index contributed by atoms with van der Waals surface area (Å²) in [5.41, 5.74) is 4.76. The minimum Gasteiger partial charge on any atom is -0.479 e. The number of hydrogen-bond donors (Lipinski definition) is 1. The van der Waals surface area contributed by atoms with E-state index in [4.69, 9.17) is 31.4 Å².